The fraction of sp³-hybridized carbons (Fsp3) is 0.333. The molecule has 0 aliphatic rings. The molecule has 0 saturated heterocycles. The minimum Gasteiger partial charge on any atom is -0.330 e. The largest absolute Gasteiger partial charge is 0.330 e. The van der Waals surface area contributed by atoms with Crippen LogP contribution in [0.1, 0.15) is 30.9 Å². The predicted molar refractivity (Wildman–Crippen MR) is 83.2 cm³/mol. The van der Waals surface area contributed by atoms with Gasteiger partial charge in [0.25, 0.3) is 0 Å². The lowest BCUT2D eigenvalue weighted by Gasteiger charge is -2.19. The third-order valence-electron chi connectivity index (χ3n) is 3.75. The lowest BCUT2D eigenvalue weighted by molar-refractivity contribution is 0.506. The second kappa shape index (κ2) is 6.03. The Morgan fingerprint density at radius 2 is 1.63 bits per heavy atom. The van der Waals surface area contributed by atoms with E-state index in [4.69, 9.17) is 5.73 Å². The van der Waals surface area contributed by atoms with Gasteiger partial charge in [-0.25, -0.2) is 0 Å². The van der Waals surface area contributed by atoms with Gasteiger partial charge in [-0.1, -0.05) is 67.9 Å². The first kappa shape index (κ1) is 13.8. The maximum absolute atomic E-state index is 5.87. The zero-order valence-corrected chi connectivity index (χ0v) is 12.1. The summed E-state index contributed by atoms with van der Waals surface area (Å²) in [6.45, 7) is 7.29. The highest BCUT2D eigenvalue weighted by Crippen LogP contribution is 2.26. The van der Waals surface area contributed by atoms with Crippen molar-refractivity contribution in [3.05, 3.63) is 59.7 Å². The lowest BCUT2D eigenvalue weighted by atomic mass is 9.87. The van der Waals surface area contributed by atoms with Gasteiger partial charge < -0.3 is 5.73 Å². The van der Waals surface area contributed by atoms with Crippen molar-refractivity contribution in [1.29, 1.82) is 0 Å². The molecule has 1 heteroatoms. The Kier molecular flexibility index (Phi) is 4.39. The van der Waals surface area contributed by atoms with E-state index in [1.165, 1.54) is 22.3 Å². The first-order valence-corrected chi connectivity index (χ1v) is 6.99. The summed E-state index contributed by atoms with van der Waals surface area (Å²) < 4.78 is 0. The summed E-state index contributed by atoms with van der Waals surface area (Å²) in [5.41, 5.74) is 11.1. The Balaban J connectivity index is 2.28. The van der Waals surface area contributed by atoms with E-state index in [-0.39, 0.29) is 0 Å². The van der Waals surface area contributed by atoms with Crippen LogP contribution >= 0.6 is 0 Å². The van der Waals surface area contributed by atoms with Crippen LogP contribution in [0.2, 0.25) is 0 Å². The number of hydrogen-bond donors (Lipinski definition) is 1. The third-order valence-corrected chi connectivity index (χ3v) is 3.75. The average molecular weight is 253 g/mol. The Morgan fingerprint density at radius 3 is 2.16 bits per heavy atom. The van der Waals surface area contributed by atoms with Gasteiger partial charge in [-0.3, -0.25) is 0 Å². The Hall–Kier alpha value is -1.60. The summed E-state index contributed by atoms with van der Waals surface area (Å²) in [6, 6.07) is 17.5. The molecule has 0 spiro atoms. The Bertz CT molecular complexity index is 526. The van der Waals surface area contributed by atoms with Crippen molar-refractivity contribution in [2.24, 2.45) is 11.7 Å². The monoisotopic (exact) mass is 253 g/mol. The van der Waals surface area contributed by atoms with Crippen LogP contribution in [0.25, 0.3) is 11.1 Å². The van der Waals surface area contributed by atoms with Crippen LogP contribution < -0.4 is 5.73 Å². The van der Waals surface area contributed by atoms with Crippen LogP contribution in [0.3, 0.4) is 0 Å². The third kappa shape index (κ3) is 3.24. The molecule has 19 heavy (non-hydrogen) atoms. The lowest BCUT2D eigenvalue weighted by Crippen LogP contribution is -2.17. The molecule has 0 bridgehead atoms. The highest BCUT2D eigenvalue weighted by Gasteiger charge is 2.13. The van der Waals surface area contributed by atoms with Gasteiger partial charge in [0.15, 0.2) is 0 Å². The zero-order chi connectivity index (χ0) is 13.8. The van der Waals surface area contributed by atoms with E-state index in [1.807, 2.05) is 0 Å². The van der Waals surface area contributed by atoms with Crippen molar-refractivity contribution in [1.82, 2.24) is 0 Å². The van der Waals surface area contributed by atoms with Crippen molar-refractivity contribution < 1.29 is 0 Å². The van der Waals surface area contributed by atoms with Crippen LogP contribution in [0.15, 0.2) is 48.5 Å². The minimum atomic E-state index is 0.451. The van der Waals surface area contributed by atoms with E-state index in [1.54, 1.807) is 0 Å². The van der Waals surface area contributed by atoms with E-state index in [9.17, 15) is 0 Å². The van der Waals surface area contributed by atoms with E-state index in [0.717, 1.165) is 0 Å². The fourth-order valence-electron chi connectivity index (χ4n) is 2.54. The second-order valence-corrected chi connectivity index (χ2v) is 5.58. The molecule has 1 unspecified atom stereocenters. The molecule has 0 aromatic heterocycles. The van der Waals surface area contributed by atoms with E-state index < -0.39 is 0 Å². The SMILES string of the molecule is Cc1cccc(-c2ccc(C(CN)C(C)C)cc2)c1. The summed E-state index contributed by atoms with van der Waals surface area (Å²) in [6.07, 6.45) is 0. The van der Waals surface area contributed by atoms with E-state index in [0.29, 0.717) is 18.4 Å². The van der Waals surface area contributed by atoms with Crippen molar-refractivity contribution in [2.75, 3.05) is 6.54 Å². The zero-order valence-electron chi connectivity index (χ0n) is 12.1. The van der Waals surface area contributed by atoms with Crippen molar-refractivity contribution in [3.63, 3.8) is 0 Å². The molecule has 0 aliphatic carbocycles. The molecule has 0 amide bonds. The van der Waals surface area contributed by atoms with Gasteiger partial charge in [-0.15, -0.1) is 0 Å². The van der Waals surface area contributed by atoms with Gasteiger partial charge in [0, 0.05) is 0 Å². The topological polar surface area (TPSA) is 26.0 Å². The molecular formula is C18H23N. The highest BCUT2D eigenvalue weighted by molar-refractivity contribution is 5.64. The van der Waals surface area contributed by atoms with E-state index in [2.05, 4.69) is 69.3 Å². The molecule has 100 valence electrons. The van der Waals surface area contributed by atoms with Crippen LogP contribution in [0, 0.1) is 12.8 Å². The summed E-state index contributed by atoms with van der Waals surface area (Å²) in [4.78, 5) is 0. The molecule has 0 fully saturated rings. The molecule has 1 nitrogen and oxygen atoms in total. The maximum atomic E-state index is 5.87. The van der Waals surface area contributed by atoms with Crippen LogP contribution in [0.5, 0.6) is 0 Å². The first-order valence-electron chi connectivity index (χ1n) is 6.99. The molecule has 2 aromatic rings. The first-order chi connectivity index (χ1) is 9.11. The molecule has 0 saturated carbocycles. The average Bonchev–Trinajstić information content (AvgIpc) is 2.40. The summed E-state index contributed by atoms with van der Waals surface area (Å²) in [7, 11) is 0. The molecule has 2 N–H and O–H groups in total. The maximum Gasteiger partial charge on any atom is -0.000577 e. The molecule has 2 aromatic carbocycles. The molecule has 0 heterocycles. The van der Waals surface area contributed by atoms with Gasteiger partial charge in [0.2, 0.25) is 0 Å². The van der Waals surface area contributed by atoms with Gasteiger partial charge in [0.1, 0.15) is 0 Å². The molecular weight excluding hydrogens is 230 g/mol. The van der Waals surface area contributed by atoms with Crippen molar-refractivity contribution >= 4 is 0 Å². The molecule has 2 rings (SSSR count). The van der Waals surface area contributed by atoms with E-state index >= 15 is 0 Å². The molecule has 0 aliphatic heterocycles. The molecule has 1 atom stereocenters. The van der Waals surface area contributed by atoms with Crippen molar-refractivity contribution in [3.8, 4) is 11.1 Å². The summed E-state index contributed by atoms with van der Waals surface area (Å²) >= 11 is 0. The summed E-state index contributed by atoms with van der Waals surface area (Å²) in [5, 5.41) is 0. The Morgan fingerprint density at radius 1 is 0.947 bits per heavy atom. The molecule has 0 radical (unpaired) electrons. The number of rotatable bonds is 4. The number of aryl methyl sites for hydroxylation is 1. The standard InChI is InChI=1S/C18H23N/c1-13(2)18(12-19)16-9-7-15(8-10-16)17-6-4-5-14(3)11-17/h4-11,13,18H,12,19H2,1-3H3. The van der Waals surface area contributed by atoms with Gasteiger partial charge in [0.05, 0.1) is 0 Å². The highest BCUT2D eigenvalue weighted by atomic mass is 14.6. The number of nitrogens with two attached hydrogens (primary N) is 1. The quantitative estimate of drug-likeness (QED) is 0.860. The fourth-order valence-corrected chi connectivity index (χ4v) is 2.54. The number of benzene rings is 2. The minimum absolute atomic E-state index is 0.451. The van der Waals surface area contributed by atoms with Gasteiger partial charge >= 0.3 is 0 Å². The summed E-state index contributed by atoms with van der Waals surface area (Å²) in [5.74, 6) is 1.03. The van der Waals surface area contributed by atoms with Crippen LogP contribution in [-0.4, -0.2) is 6.54 Å². The van der Waals surface area contributed by atoms with Crippen molar-refractivity contribution in [2.45, 2.75) is 26.7 Å². The predicted octanol–water partition coefficient (Wildman–Crippen LogP) is 4.36. The second-order valence-electron chi connectivity index (χ2n) is 5.58. The Labute approximate surface area is 116 Å². The number of hydrogen-bond acceptors (Lipinski definition) is 1. The van der Waals surface area contributed by atoms with Crippen LogP contribution in [0.4, 0.5) is 0 Å². The van der Waals surface area contributed by atoms with Crippen LogP contribution in [-0.2, 0) is 0 Å². The smallest absolute Gasteiger partial charge is 0.000577 e. The van der Waals surface area contributed by atoms with Gasteiger partial charge in [-0.2, -0.15) is 0 Å². The normalized spacial score (nSPS) is 12.7. The van der Waals surface area contributed by atoms with Gasteiger partial charge in [-0.05, 0) is 42.0 Å².